The van der Waals surface area contributed by atoms with Crippen LogP contribution in [0.3, 0.4) is 0 Å². The quantitative estimate of drug-likeness (QED) is 0.679. The zero-order valence-corrected chi connectivity index (χ0v) is 16.1. The van der Waals surface area contributed by atoms with Crippen molar-refractivity contribution >= 4 is 17.7 Å². The van der Waals surface area contributed by atoms with E-state index in [1.54, 1.807) is 6.07 Å². The molecule has 28 heavy (non-hydrogen) atoms. The number of halogens is 2. The van der Waals surface area contributed by atoms with Crippen molar-refractivity contribution in [3.05, 3.63) is 52.6 Å². The highest BCUT2D eigenvalue weighted by Gasteiger charge is 2.32. The SMILES string of the molecule is CC1c2ccc(OC3CCCCO3)cc2OC(=O)N1Cc1ccnc(Cl)c1F. The first-order valence-corrected chi connectivity index (χ1v) is 9.60. The number of carbonyl (C=O) groups excluding carboxylic acids is 1. The van der Waals surface area contributed by atoms with E-state index in [4.69, 9.17) is 25.8 Å². The summed E-state index contributed by atoms with van der Waals surface area (Å²) in [5, 5.41) is -0.220. The minimum absolute atomic E-state index is 0.0294. The maximum absolute atomic E-state index is 14.2. The molecule has 0 saturated carbocycles. The molecule has 2 aliphatic rings. The van der Waals surface area contributed by atoms with Crippen LogP contribution < -0.4 is 9.47 Å². The van der Waals surface area contributed by atoms with Crippen LogP contribution in [0.25, 0.3) is 0 Å². The molecule has 1 aromatic heterocycles. The summed E-state index contributed by atoms with van der Waals surface area (Å²) < 4.78 is 31.1. The van der Waals surface area contributed by atoms with Crippen molar-refractivity contribution in [2.75, 3.05) is 6.61 Å². The first-order chi connectivity index (χ1) is 13.5. The Morgan fingerprint density at radius 1 is 1.36 bits per heavy atom. The zero-order valence-electron chi connectivity index (χ0n) is 15.4. The Balaban J connectivity index is 1.53. The first-order valence-electron chi connectivity index (χ1n) is 9.22. The summed E-state index contributed by atoms with van der Waals surface area (Å²) in [7, 11) is 0. The second-order valence-corrected chi connectivity index (χ2v) is 7.22. The molecule has 0 spiro atoms. The Kier molecular flexibility index (Phi) is 5.37. The minimum atomic E-state index is -0.633. The lowest BCUT2D eigenvalue weighted by Gasteiger charge is -2.34. The van der Waals surface area contributed by atoms with Gasteiger partial charge in [0.2, 0.25) is 0 Å². The van der Waals surface area contributed by atoms with Gasteiger partial charge in [0, 0.05) is 29.8 Å². The van der Waals surface area contributed by atoms with E-state index in [9.17, 15) is 9.18 Å². The average Bonchev–Trinajstić information content (AvgIpc) is 2.69. The molecule has 2 atom stereocenters. The number of carbonyl (C=O) groups is 1. The molecule has 148 valence electrons. The summed E-state index contributed by atoms with van der Waals surface area (Å²) in [5.41, 5.74) is 1.10. The Morgan fingerprint density at radius 2 is 2.21 bits per heavy atom. The highest BCUT2D eigenvalue weighted by molar-refractivity contribution is 6.29. The topological polar surface area (TPSA) is 60.9 Å². The van der Waals surface area contributed by atoms with Gasteiger partial charge in [-0.25, -0.2) is 14.2 Å². The van der Waals surface area contributed by atoms with Gasteiger partial charge >= 0.3 is 6.09 Å². The fourth-order valence-corrected chi connectivity index (χ4v) is 3.60. The molecule has 1 saturated heterocycles. The summed E-state index contributed by atoms with van der Waals surface area (Å²) in [4.78, 5) is 17.7. The lowest BCUT2D eigenvalue weighted by Crippen LogP contribution is -2.39. The Morgan fingerprint density at radius 3 is 3.00 bits per heavy atom. The number of amides is 1. The van der Waals surface area contributed by atoms with E-state index in [0.29, 0.717) is 18.1 Å². The number of rotatable bonds is 4. The number of hydrogen-bond acceptors (Lipinski definition) is 5. The molecule has 1 amide bonds. The van der Waals surface area contributed by atoms with Crippen molar-refractivity contribution in [3.63, 3.8) is 0 Å². The van der Waals surface area contributed by atoms with E-state index in [-0.39, 0.29) is 29.6 Å². The highest BCUT2D eigenvalue weighted by Crippen LogP contribution is 2.38. The zero-order chi connectivity index (χ0) is 19.7. The van der Waals surface area contributed by atoms with Crippen LogP contribution in [0, 0.1) is 5.82 Å². The monoisotopic (exact) mass is 406 g/mol. The van der Waals surface area contributed by atoms with Gasteiger partial charge in [0.25, 0.3) is 0 Å². The summed E-state index contributed by atoms with van der Waals surface area (Å²) in [6.07, 6.45) is 3.51. The van der Waals surface area contributed by atoms with Crippen LogP contribution in [0.5, 0.6) is 11.5 Å². The molecule has 2 aliphatic heterocycles. The Labute approximate surface area is 167 Å². The van der Waals surface area contributed by atoms with E-state index >= 15 is 0 Å². The summed E-state index contributed by atoms with van der Waals surface area (Å²) in [6.45, 7) is 2.58. The van der Waals surface area contributed by atoms with Gasteiger partial charge < -0.3 is 14.2 Å². The minimum Gasteiger partial charge on any atom is -0.465 e. The van der Waals surface area contributed by atoms with Gasteiger partial charge in [-0.2, -0.15) is 0 Å². The van der Waals surface area contributed by atoms with Crippen molar-refractivity contribution < 1.29 is 23.4 Å². The molecular formula is C20H20ClFN2O4. The number of pyridine rings is 1. The molecule has 1 aromatic carbocycles. The fraction of sp³-hybridized carbons (Fsp3) is 0.400. The predicted molar refractivity (Wildman–Crippen MR) is 99.8 cm³/mol. The van der Waals surface area contributed by atoms with Crippen molar-refractivity contribution in [2.24, 2.45) is 0 Å². The molecule has 4 rings (SSSR count). The Bertz CT molecular complexity index is 889. The molecule has 8 heteroatoms. The number of benzene rings is 1. The molecule has 2 aromatic rings. The van der Waals surface area contributed by atoms with Gasteiger partial charge in [-0.3, -0.25) is 4.90 Å². The van der Waals surface area contributed by atoms with Crippen LogP contribution in [0.15, 0.2) is 30.5 Å². The van der Waals surface area contributed by atoms with Crippen molar-refractivity contribution in [3.8, 4) is 11.5 Å². The second kappa shape index (κ2) is 7.93. The molecular weight excluding hydrogens is 387 g/mol. The van der Waals surface area contributed by atoms with Gasteiger partial charge in [-0.15, -0.1) is 0 Å². The third kappa shape index (κ3) is 3.77. The molecule has 0 aliphatic carbocycles. The van der Waals surface area contributed by atoms with Gasteiger partial charge in [-0.05, 0) is 38.0 Å². The molecule has 2 unspecified atom stereocenters. The maximum Gasteiger partial charge on any atom is 0.416 e. The van der Waals surface area contributed by atoms with E-state index in [2.05, 4.69) is 4.98 Å². The van der Waals surface area contributed by atoms with Crippen LogP contribution in [0.4, 0.5) is 9.18 Å². The average molecular weight is 407 g/mol. The van der Waals surface area contributed by atoms with E-state index in [1.807, 2.05) is 19.1 Å². The second-order valence-electron chi connectivity index (χ2n) is 6.86. The normalized spacial score (nSPS) is 21.8. The largest absolute Gasteiger partial charge is 0.465 e. The molecule has 1 fully saturated rings. The predicted octanol–water partition coefficient (Wildman–Crippen LogP) is 4.86. The fourth-order valence-electron chi connectivity index (χ4n) is 3.42. The lowest BCUT2D eigenvalue weighted by molar-refractivity contribution is -0.105. The molecule has 0 radical (unpaired) electrons. The molecule has 0 N–H and O–H groups in total. The molecule has 3 heterocycles. The van der Waals surface area contributed by atoms with Crippen LogP contribution >= 0.6 is 11.6 Å². The van der Waals surface area contributed by atoms with Gasteiger partial charge in [0.05, 0.1) is 19.2 Å². The van der Waals surface area contributed by atoms with Crippen LogP contribution in [0.1, 0.15) is 43.4 Å². The number of fused-ring (bicyclic) bond motifs is 1. The van der Waals surface area contributed by atoms with E-state index < -0.39 is 11.9 Å². The maximum atomic E-state index is 14.2. The van der Waals surface area contributed by atoms with Crippen molar-refractivity contribution in [2.45, 2.75) is 45.1 Å². The summed E-state index contributed by atoms with van der Waals surface area (Å²) in [5.74, 6) is 0.396. The van der Waals surface area contributed by atoms with E-state index in [1.165, 1.54) is 17.2 Å². The van der Waals surface area contributed by atoms with Crippen LogP contribution in [0.2, 0.25) is 5.15 Å². The smallest absolute Gasteiger partial charge is 0.416 e. The van der Waals surface area contributed by atoms with Gasteiger partial charge in [-0.1, -0.05) is 11.6 Å². The number of ether oxygens (including phenoxy) is 3. The molecule has 6 nitrogen and oxygen atoms in total. The Hall–Kier alpha value is -2.38. The highest BCUT2D eigenvalue weighted by atomic mass is 35.5. The van der Waals surface area contributed by atoms with Crippen molar-refractivity contribution in [1.29, 1.82) is 0 Å². The van der Waals surface area contributed by atoms with E-state index in [0.717, 1.165) is 24.8 Å². The summed E-state index contributed by atoms with van der Waals surface area (Å²) >= 11 is 5.74. The third-order valence-electron chi connectivity index (χ3n) is 5.01. The number of hydrogen-bond donors (Lipinski definition) is 0. The van der Waals surface area contributed by atoms with Crippen molar-refractivity contribution in [1.82, 2.24) is 9.88 Å². The van der Waals surface area contributed by atoms with Gasteiger partial charge in [0.15, 0.2) is 17.3 Å². The molecule has 0 bridgehead atoms. The van der Waals surface area contributed by atoms with Crippen LogP contribution in [-0.4, -0.2) is 28.9 Å². The number of nitrogens with zero attached hydrogens (tertiary/aromatic N) is 2. The standard InChI is InChI=1S/C20H20ClFN2O4/c1-12-15-6-5-14(27-17-4-2-3-9-26-17)10-16(15)28-20(25)24(12)11-13-7-8-23-19(21)18(13)22/h5-8,10,12,17H,2-4,9,11H2,1H3. The van der Waals surface area contributed by atoms with Gasteiger partial charge in [0.1, 0.15) is 11.5 Å². The summed E-state index contributed by atoms with van der Waals surface area (Å²) in [6, 6.07) is 6.57. The lowest BCUT2D eigenvalue weighted by atomic mass is 10.0. The third-order valence-corrected chi connectivity index (χ3v) is 5.27. The van der Waals surface area contributed by atoms with Crippen LogP contribution in [-0.2, 0) is 11.3 Å². The number of aromatic nitrogens is 1. The first kappa shape index (κ1) is 19.0.